The van der Waals surface area contributed by atoms with Crippen molar-refractivity contribution in [2.75, 3.05) is 20.6 Å². The standard InChI is InChI=1S/C7H14NO4P/c1-8(2)4-3-6-5-7(8)12-13(9,10)11-6/h6-7H,3-5H2,1-2H3/p+1. The van der Waals surface area contributed by atoms with Crippen molar-refractivity contribution >= 4 is 7.82 Å². The summed E-state index contributed by atoms with van der Waals surface area (Å²) in [7, 11) is 0.253. The topological polar surface area (TPSA) is 55.8 Å². The highest BCUT2D eigenvalue weighted by atomic mass is 31.2. The molecule has 3 atom stereocenters. The van der Waals surface area contributed by atoms with Crippen LogP contribution < -0.4 is 0 Å². The SMILES string of the molecule is C[N+]1(C)CCC2CC1OP(=O)(O)O2. The molecule has 0 aromatic rings. The molecule has 0 radical (unpaired) electrons. The van der Waals surface area contributed by atoms with Gasteiger partial charge in [0.05, 0.1) is 33.2 Å². The molecule has 5 nitrogen and oxygen atoms in total. The van der Waals surface area contributed by atoms with Gasteiger partial charge in [0.2, 0.25) is 6.23 Å². The highest BCUT2D eigenvalue weighted by Gasteiger charge is 2.48. The fourth-order valence-corrected chi connectivity index (χ4v) is 3.15. The minimum atomic E-state index is -3.76. The lowest BCUT2D eigenvalue weighted by molar-refractivity contribution is -0.941. The lowest BCUT2D eigenvalue weighted by Gasteiger charge is -2.46. The summed E-state index contributed by atoms with van der Waals surface area (Å²) in [5.74, 6) is 0. The number of likely N-dealkylation sites (tertiary alicyclic amines) is 1. The minimum Gasteiger partial charge on any atom is -0.303 e. The Labute approximate surface area is 77.5 Å². The van der Waals surface area contributed by atoms with E-state index in [0.29, 0.717) is 4.48 Å². The van der Waals surface area contributed by atoms with Crippen LogP contribution >= 0.6 is 7.82 Å². The number of rotatable bonds is 0. The third-order valence-corrected chi connectivity index (χ3v) is 3.88. The van der Waals surface area contributed by atoms with Crippen LogP contribution in [0.15, 0.2) is 0 Å². The zero-order chi connectivity index (χ0) is 9.69. The van der Waals surface area contributed by atoms with E-state index in [-0.39, 0.29) is 12.3 Å². The van der Waals surface area contributed by atoms with Gasteiger partial charge in [0.15, 0.2) is 0 Å². The van der Waals surface area contributed by atoms with Crippen LogP contribution in [-0.4, -0.2) is 42.3 Å². The molecule has 2 saturated heterocycles. The summed E-state index contributed by atoms with van der Waals surface area (Å²) in [6.07, 6.45) is 1.26. The summed E-state index contributed by atoms with van der Waals surface area (Å²) in [5, 5.41) is 0. The van der Waals surface area contributed by atoms with Crippen LogP contribution in [0.2, 0.25) is 0 Å². The normalized spacial score (nSPS) is 48.8. The molecule has 6 heteroatoms. The maximum Gasteiger partial charge on any atom is 0.477 e. The van der Waals surface area contributed by atoms with Crippen LogP contribution in [0, 0.1) is 0 Å². The molecule has 0 saturated carbocycles. The molecule has 2 aliphatic heterocycles. The van der Waals surface area contributed by atoms with Crippen molar-refractivity contribution < 1.29 is 23.0 Å². The molecule has 0 amide bonds. The van der Waals surface area contributed by atoms with Crippen molar-refractivity contribution in [2.24, 2.45) is 0 Å². The fraction of sp³-hybridized carbons (Fsp3) is 1.00. The van der Waals surface area contributed by atoms with Crippen LogP contribution in [0.5, 0.6) is 0 Å². The number of hydrogen-bond acceptors (Lipinski definition) is 3. The van der Waals surface area contributed by atoms with Crippen LogP contribution in [0.1, 0.15) is 12.8 Å². The lowest BCUT2D eigenvalue weighted by Crippen LogP contribution is -2.57. The number of piperidine rings is 1. The van der Waals surface area contributed by atoms with Gasteiger partial charge in [-0.05, 0) is 0 Å². The third kappa shape index (κ3) is 1.80. The molecule has 0 spiro atoms. The number of fused-ring (bicyclic) bond motifs is 2. The van der Waals surface area contributed by atoms with E-state index in [2.05, 4.69) is 0 Å². The first kappa shape index (κ1) is 9.62. The van der Waals surface area contributed by atoms with E-state index in [1.165, 1.54) is 0 Å². The maximum atomic E-state index is 11.2. The summed E-state index contributed by atoms with van der Waals surface area (Å²) in [6, 6.07) is 0. The Bertz CT molecular complexity index is 267. The molecule has 2 bridgehead atoms. The van der Waals surface area contributed by atoms with E-state index < -0.39 is 7.82 Å². The zero-order valence-corrected chi connectivity index (χ0v) is 8.74. The number of phosphoric ester groups is 1. The predicted octanol–water partition coefficient (Wildman–Crippen LogP) is 0.698. The Morgan fingerprint density at radius 1 is 1.46 bits per heavy atom. The van der Waals surface area contributed by atoms with E-state index in [0.717, 1.165) is 19.4 Å². The van der Waals surface area contributed by atoms with Crippen molar-refractivity contribution in [3.05, 3.63) is 0 Å². The van der Waals surface area contributed by atoms with Crippen molar-refractivity contribution in [3.63, 3.8) is 0 Å². The van der Waals surface area contributed by atoms with Crippen LogP contribution in [-0.2, 0) is 13.6 Å². The number of hydrogen-bond donors (Lipinski definition) is 1. The van der Waals surface area contributed by atoms with Crippen molar-refractivity contribution in [1.82, 2.24) is 0 Å². The van der Waals surface area contributed by atoms with Crippen molar-refractivity contribution in [1.29, 1.82) is 0 Å². The quantitative estimate of drug-likeness (QED) is 0.470. The second kappa shape index (κ2) is 2.78. The summed E-state index contributed by atoms with van der Waals surface area (Å²) in [5.41, 5.74) is 0. The largest absolute Gasteiger partial charge is 0.477 e. The average molecular weight is 208 g/mol. The molecule has 0 aromatic heterocycles. The molecule has 0 aliphatic carbocycles. The van der Waals surface area contributed by atoms with Crippen LogP contribution in [0.25, 0.3) is 0 Å². The fourth-order valence-electron chi connectivity index (χ4n) is 1.88. The second-order valence-electron chi connectivity index (χ2n) is 4.28. The summed E-state index contributed by atoms with van der Waals surface area (Å²) < 4.78 is 21.8. The lowest BCUT2D eigenvalue weighted by atomic mass is 10.1. The molecular weight excluding hydrogens is 193 g/mol. The molecule has 3 unspecified atom stereocenters. The number of phosphoric acid groups is 1. The second-order valence-corrected chi connectivity index (χ2v) is 5.64. The Balaban J connectivity index is 2.21. The van der Waals surface area contributed by atoms with E-state index in [9.17, 15) is 9.46 Å². The highest BCUT2D eigenvalue weighted by molar-refractivity contribution is 7.47. The Morgan fingerprint density at radius 3 is 2.85 bits per heavy atom. The van der Waals surface area contributed by atoms with Crippen molar-refractivity contribution in [3.8, 4) is 0 Å². The Kier molecular flexibility index (Phi) is 2.06. The first-order valence-electron chi connectivity index (χ1n) is 4.41. The van der Waals surface area contributed by atoms with Gasteiger partial charge < -0.3 is 9.38 Å². The van der Waals surface area contributed by atoms with E-state index >= 15 is 0 Å². The van der Waals surface area contributed by atoms with Gasteiger partial charge in [0.1, 0.15) is 0 Å². The van der Waals surface area contributed by atoms with Crippen molar-refractivity contribution in [2.45, 2.75) is 25.2 Å². The highest BCUT2D eigenvalue weighted by Crippen LogP contribution is 2.53. The molecule has 0 aromatic carbocycles. The molecule has 2 fully saturated rings. The van der Waals surface area contributed by atoms with Gasteiger partial charge in [0.25, 0.3) is 0 Å². The first-order chi connectivity index (χ1) is 5.89. The average Bonchev–Trinajstić information content (AvgIpc) is 1.96. The minimum absolute atomic E-state index is 0.0965. The van der Waals surface area contributed by atoms with Gasteiger partial charge in [0, 0.05) is 6.42 Å². The van der Waals surface area contributed by atoms with Crippen LogP contribution in [0.4, 0.5) is 0 Å². The molecular formula is C7H15NO4P+. The third-order valence-electron chi connectivity index (χ3n) is 2.81. The number of quaternary nitrogens is 1. The van der Waals surface area contributed by atoms with Crippen LogP contribution in [0.3, 0.4) is 0 Å². The van der Waals surface area contributed by atoms with Gasteiger partial charge in [-0.15, -0.1) is 0 Å². The molecule has 1 N–H and O–H groups in total. The van der Waals surface area contributed by atoms with E-state index in [1.54, 1.807) is 0 Å². The maximum absolute atomic E-state index is 11.2. The molecule has 2 aliphatic rings. The van der Waals surface area contributed by atoms with Gasteiger partial charge in [-0.1, -0.05) is 0 Å². The smallest absolute Gasteiger partial charge is 0.303 e. The predicted molar refractivity (Wildman–Crippen MR) is 45.8 cm³/mol. The van der Waals surface area contributed by atoms with Gasteiger partial charge in [-0.25, -0.2) is 9.09 Å². The summed E-state index contributed by atoms with van der Waals surface area (Å²) in [4.78, 5) is 9.21. The summed E-state index contributed by atoms with van der Waals surface area (Å²) in [6.45, 7) is 0.926. The molecule has 13 heavy (non-hydrogen) atoms. The molecule has 2 heterocycles. The van der Waals surface area contributed by atoms with Gasteiger partial charge >= 0.3 is 7.82 Å². The first-order valence-corrected chi connectivity index (χ1v) is 5.91. The van der Waals surface area contributed by atoms with Gasteiger partial charge in [-0.3, -0.25) is 4.52 Å². The monoisotopic (exact) mass is 208 g/mol. The van der Waals surface area contributed by atoms with E-state index in [1.807, 2.05) is 14.1 Å². The Hall–Kier alpha value is 0.0700. The van der Waals surface area contributed by atoms with Gasteiger partial charge in [-0.2, -0.15) is 0 Å². The van der Waals surface area contributed by atoms with E-state index in [4.69, 9.17) is 9.05 Å². The summed E-state index contributed by atoms with van der Waals surface area (Å²) >= 11 is 0. The number of nitrogens with zero attached hydrogens (tertiary/aromatic N) is 1. The molecule has 76 valence electrons. The zero-order valence-electron chi connectivity index (χ0n) is 7.84. The molecule has 2 rings (SSSR count). The Morgan fingerprint density at radius 2 is 2.15 bits per heavy atom.